The van der Waals surface area contributed by atoms with E-state index in [-0.39, 0.29) is 0 Å². The van der Waals surface area contributed by atoms with Crippen molar-refractivity contribution in [2.45, 2.75) is 24.3 Å². The first-order valence-corrected chi connectivity index (χ1v) is 10.3. The molecule has 0 spiro atoms. The van der Waals surface area contributed by atoms with Crippen molar-refractivity contribution in [1.82, 2.24) is 25.4 Å². The molecule has 3 rings (SSSR count). The molecule has 2 aromatic carbocycles. The van der Waals surface area contributed by atoms with E-state index in [1.807, 2.05) is 47.0 Å². The van der Waals surface area contributed by atoms with Gasteiger partial charge in [0.2, 0.25) is 5.91 Å². The number of thioether (sulfide) groups is 1. The van der Waals surface area contributed by atoms with Crippen LogP contribution in [-0.2, 0) is 4.79 Å². The normalized spacial score (nSPS) is 11.7. The number of carbonyl (C=O) groups is 2. The topological polar surface area (TPSA) is 88.9 Å². The Balaban J connectivity index is 1.92. The van der Waals surface area contributed by atoms with E-state index in [0.717, 1.165) is 11.3 Å². The van der Waals surface area contributed by atoms with E-state index < -0.39 is 17.2 Å². The van der Waals surface area contributed by atoms with Crippen molar-refractivity contribution < 1.29 is 9.59 Å². The Bertz CT molecular complexity index is 992. The van der Waals surface area contributed by atoms with E-state index in [1.165, 1.54) is 11.8 Å². The zero-order valence-corrected chi connectivity index (χ0v) is 17.5. The van der Waals surface area contributed by atoms with Crippen LogP contribution in [0.5, 0.6) is 0 Å². The summed E-state index contributed by atoms with van der Waals surface area (Å²) in [5, 5.41) is 14.1. The molecule has 29 heavy (non-hydrogen) atoms. The van der Waals surface area contributed by atoms with Gasteiger partial charge in [-0.25, -0.2) is 4.79 Å². The molecule has 0 aliphatic heterocycles. The number of amides is 3. The lowest BCUT2D eigenvalue weighted by Gasteiger charge is -2.14. The standard InChI is InChI=1S/C20H20ClN5O2S/c1-3-22-19(28)23-18(27)13(2)29-20-25-24-17(14-7-5-4-6-8-14)26(20)16-11-9-15(21)10-12-16/h4-13H,3H2,1-2H3,(H2,22,23,27,28). The molecule has 0 bridgehead atoms. The third-order valence-corrected chi connectivity index (χ3v) is 5.27. The number of halogens is 1. The number of aromatic nitrogens is 3. The van der Waals surface area contributed by atoms with Crippen LogP contribution < -0.4 is 10.6 Å². The number of rotatable bonds is 6. The van der Waals surface area contributed by atoms with E-state index >= 15 is 0 Å². The fourth-order valence-electron chi connectivity index (χ4n) is 2.57. The fourth-order valence-corrected chi connectivity index (χ4v) is 3.57. The molecule has 0 saturated heterocycles. The molecule has 1 heterocycles. The van der Waals surface area contributed by atoms with Crippen LogP contribution in [0.3, 0.4) is 0 Å². The maximum Gasteiger partial charge on any atom is 0.321 e. The lowest BCUT2D eigenvalue weighted by molar-refractivity contribution is -0.119. The predicted molar refractivity (Wildman–Crippen MR) is 114 cm³/mol. The minimum atomic E-state index is -0.559. The molecule has 0 fully saturated rings. The van der Waals surface area contributed by atoms with Gasteiger partial charge in [-0.3, -0.25) is 14.7 Å². The first kappa shape index (κ1) is 20.9. The highest BCUT2D eigenvalue weighted by Gasteiger charge is 2.22. The summed E-state index contributed by atoms with van der Waals surface area (Å²) in [6.07, 6.45) is 0. The maximum absolute atomic E-state index is 12.3. The van der Waals surface area contributed by atoms with Gasteiger partial charge in [-0.15, -0.1) is 10.2 Å². The lowest BCUT2D eigenvalue weighted by atomic mass is 10.2. The van der Waals surface area contributed by atoms with Gasteiger partial charge in [0.25, 0.3) is 0 Å². The summed E-state index contributed by atoms with van der Waals surface area (Å²) in [5.74, 6) is 0.236. The Morgan fingerprint density at radius 3 is 2.45 bits per heavy atom. The molecule has 0 saturated carbocycles. The number of hydrogen-bond donors (Lipinski definition) is 2. The second-order valence-corrected chi connectivity index (χ2v) is 7.84. The van der Waals surface area contributed by atoms with Gasteiger partial charge in [0, 0.05) is 22.8 Å². The molecule has 1 aromatic heterocycles. The molecule has 150 valence electrons. The highest BCUT2D eigenvalue weighted by Crippen LogP contribution is 2.30. The number of urea groups is 1. The number of hydrogen-bond acceptors (Lipinski definition) is 5. The molecule has 0 aliphatic rings. The van der Waals surface area contributed by atoms with Crippen LogP contribution in [0, 0.1) is 0 Å². The van der Waals surface area contributed by atoms with E-state index in [2.05, 4.69) is 20.8 Å². The number of imide groups is 1. The van der Waals surface area contributed by atoms with Crippen LogP contribution in [0.15, 0.2) is 59.8 Å². The molecule has 7 nitrogen and oxygen atoms in total. The second-order valence-electron chi connectivity index (χ2n) is 6.09. The molecular weight excluding hydrogens is 410 g/mol. The van der Waals surface area contributed by atoms with Gasteiger partial charge in [-0.1, -0.05) is 53.7 Å². The quantitative estimate of drug-likeness (QED) is 0.580. The molecule has 2 N–H and O–H groups in total. The zero-order valence-electron chi connectivity index (χ0n) is 15.9. The minimum absolute atomic E-state index is 0.409. The Morgan fingerprint density at radius 2 is 1.79 bits per heavy atom. The fraction of sp³-hybridized carbons (Fsp3) is 0.200. The summed E-state index contributed by atoms with van der Waals surface area (Å²) in [6, 6.07) is 16.4. The number of nitrogens with zero attached hydrogens (tertiary/aromatic N) is 3. The Hall–Kier alpha value is -2.84. The monoisotopic (exact) mass is 429 g/mol. The number of benzene rings is 2. The predicted octanol–water partition coefficient (Wildman–Crippen LogP) is 3.91. The van der Waals surface area contributed by atoms with E-state index in [9.17, 15) is 9.59 Å². The summed E-state index contributed by atoms with van der Waals surface area (Å²) in [4.78, 5) is 24.0. The first-order valence-electron chi connectivity index (χ1n) is 9.01. The van der Waals surface area contributed by atoms with Crippen LogP contribution in [0.2, 0.25) is 5.02 Å². The summed E-state index contributed by atoms with van der Waals surface area (Å²) in [7, 11) is 0. The van der Waals surface area contributed by atoms with Crippen LogP contribution >= 0.6 is 23.4 Å². The smallest absolute Gasteiger partial charge is 0.321 e. The van der Waals surface area contributed by atoms with Crippen molar-refractivity contribution >= 4 is 35.3 Å². The molecular formula is C20H20ClN5O2S. The van der Waals surface area contributed by atoms with Crippen molar-refractivity contribution in [3.8, 4) is 17.1 Å². The second kappa shape index (κ2) is 9.58. The van der Waals surface area contributed by atoms with Gasteiger partial charge in [-0.05, 0) is 38.1 Å². The molecule has 0 aliphatic carbocycles. The summed E-state index contributed by atoms with van der Waals surface area (Å²) < 4.78 is 1.87. The Labute approximate surface area is 177 Å². The van der Waals surface area contributed by atoms with E-state index in [1.54, 1.807) is 26.0 Å². The van der Waals surface area contributed by atoms with Crippen LogP contribution in [0.1, 0.15) is 13.8 Å². The molecule has 0 radical (unpaired) electrons. The first-order chi connectivity index (χ1) is 14.0. The van der Waals surface area contributed by atoms with Crippen LogP contribution in [0.4, 0.5) is 4.79 Å². The average molecular weight is 430 g/mol. The number of nitrogens with one attached hydrogen (secondary N) is 2. The third-order valence-electron chi connectivity index (χ3n) is 3.98. The van der Waals surface area contributed by atoms with Crippen LogP contribution in [0.25, 0.3) is 17.1 Å². The van der Waals surface area contributed by atoms with Gasteiger partial charge in [0.15, 0.2) is 11.0 Å². The Kier molecular flexibility index (Phi) is 6.90. The highest BCUT2D eigenvalue weighted by atomic mass is 35.5. The minimum Gasteiger partial charge on any atom is -0.338 e. The maximum atomic E-state index is 12.3. The van der Waals surface area contributed by atoms with Gasteiger partial charge < -0.3 is 5.32 Å². The molecule has 3 aromatic rings. The van der Waals surface area contributed by atoms with Gasteiger partial charge >= 0.3 is 6.03 Å². The van der Waals surface area contributed by atoms with E-state index in [4.69, 9.17) is 11.6 Å². The van der Waals surface area contributed by atoms with Crippen molar-refractivity contribution in [1.29, 1.82) is 0 Å². The molecule has 1 unspecified atom stereocenters. The molecule has 9 heteroatoms. The molecule has 3 amide bonds. The summed E-state index contributed by atoms with van der Waals surface area (Å²) in [6.45, 7) is 3.93. The summed E-state index contributed by atoms with van der Waals surface area (Å²) in [5.41, 5.74) is 1.71. The average Bonchev–Trinajstić information content (AvgIpc) is 3.13. The largest absolute Gasteiger partial charge is 0.338 e. The van der Waals surface area contributed by atoms with Gasteiger partial charge in [0.1, 0.15) is 0 Å². The zero-order chi connectivity index (χ0) is 20.8. The third kappa shape index (κ3) is 5.16. The molecule has 1 atom stereocenters. The summed E-state index contributed by atoms with van der Waals surface area (Å²) >= 11 is 7.25. The van der Waals surface area contributed by atoms with Gasteiger partial charge in [0.05, 0.1) is 5.25 Å². The van der Waals surface area contributed by atoms with Crippen molar-refractivity contribution in [3.63, 3.8) is 0 Å². The van der Waals surface area contributed by atoms with E-state index in [0.29, 0.717) is 22.5 Å². The Morgan fingerprint density at radius 1 is 1.10 bits per heavy atom. The SMILES string of the molecule is CCNC(=O)NC(=O)C(C)Sc1nnc(-c2ccccc2)n1-c1ccc(Cl)cc1. The van der Waals surface area contributed by atoms with Gasteiger partial charge in [-0.2, -0.15) is 0 Å². The van der Waals surface area contributed by atoms with Crippen molar-refractivity contribution in [2.24, 2.45) is 0 Å². The van der Waals surface area contributed by atoms with Crippen molar-refractivity contribution in [2.75, 3.05) is 6.54 Å². The van der Waals surface area contributed by atoms with Crippen LogP contribution in [-0.4, -0.2) is 38.5 Å². The lowest BCUT2D eigenvalue weighted by Crippen LogP contribution is -2.42. The number of carbonyl (C=O) groups excluding carboxylic acids is 2. The van der Waals surface area contributed by atoms with Crippen molar-refractivity contribution in [3.05, 3.63) is 59.6 Å². The highest BCUT2D eigenvalue weighted by molar-refractivity contribution is 8.00.